The maximum absolute atomic E-state index is 12.4. The quantitative estimate of drug-likeness (QED) is 0.482. The van der Waals surface area contributed by atoms with Gasteiger partial charge in [0.2, 0.25) is 0 Å². The maximum atomic E-state index is 12.4. The normalized spacial score (nSPS) is 19.9. The van der Waals surface area contributed by atoms with Gasteiger partial charge in [-0.15, -0.1) is 0 Å². The molecule has 3 rings (SSSR count). The number of carbonyl (C=O) groups excluding carboxylic acids is 2. The van der Waals surface area contributed by atoms with E-state index < -0.39 is 11.6 Å². The fourth-order valence-corrected chi connectivity index (χ4v) is 2.84. The molecule has 0 aliphatic heterocycles. The molecular formula is C23H18O3. The van der Waals surface area contributed by atoms with Crippen LogP contribution in [-0.2, 0) is 14.3 Å². The second-order valence-corrected chi connectivity index (χ2v) is 5.99. The van der Waals surface area contributed by atoms with Gasteiger partial charge in [-0.1, -0.05) is 60.4 Å². The SMILES string of the molecule is CC(=O)OC1(CC#Cc2ccccc2)C=CC(=O)/C1=C/c1ccccc1. The van der Waals surface area contributed by atoms with Gasteiger partial charge in [0.1, 0.15) is 0 Å². The van der Waals surface area contributed by atoms with Crippen molar-refractivity contribution in [1.29, 1.82) is 0 Å². The van der Waals surface area contributed by atoms with Crippen molar-refractivity contribution in [2.24, 2.45) is 0 Å². The summed E-state index contributed by atoms with van der Waals surface area (Å²) in [6.45, 7) is 1.34. The van der Waals surface area contributed by atoms with Gasteiger partial charge >= 0.3 is 5.97 Å². The molecule has 0 amide bonds. The lowest BCUT2D eigenvalue weighted by Gasteiger charge is -2.26. The van der Waals surface area contributed by atoms with Crippen LogP contribution >= 0.6 is 0 Å². The number of ether oxygens (including phenoxy) is 1. The number of carbonyl (C=O) groups is 2. The lowest BCUT2D eigenvalue weighted by molar-refractivity contribution is -0.149. The van der Waals surface area contributed by atoms with Gasteiger partial charge in [-0.05, 0) is 35.9 Å². The molecule has 0 saturated carbocycles. The van der Waals surface area contributed by atoms with Crippen molar-refractivity contribution in [2.45, 2.75) is 18.9 Å². The topological polar surface area (TPSA) is 43.4 Å². The Morgan fingerprint density at radius 1 is 1.08 bits per heavy atom. The predicted octanol–water partition coefficient (Wildman–Crippen LogP) is 3.95. The number of hydrogen-bond acceptors (Lipinski definition) is 3. The average Bonchev–Trinajstić information content (AvgIpc) is 2.93. The van der Waals surface area contributed by atoms with Gasteiger partial charge in [0, 0.05) is 18.1 Å². The Hall–Kier alpha value is -3.38. The van der Waals surface area contributed by atoms with Crippen LogP contribution in [0.3, 0.4) is 0 Å². The van der Waals surface area contributed by atoms with Crippen molar-refractivity contribution in [3.05, 3.63) is 89.5 Å². The molecule has 1 aliphatic carbocycles. The summed E-state index contributed by atoms with van der Waals surface area (Å²) in [6, 6.07) is 19.0. The molecule has 2 aromatic rings. The summed E-state index contributed by atoms with van der Waals surface area (Å²) in [5.41, 5.74) is 1.00. The first kappa shape index (κ1) is 17.4. The van der Waals surface area contributed by atoms with Crippen LogP contribution in [0.25, 0.3) is 6.08 Å². The molecule has 0 bridgehead atoms. The van der Waals surface area contributed by atoms with E-state index in [1.165, 1.54) is 13.0 Å². The molecule has 0 aromatic heterocycles. The predicted molar refractivity (Wildman–Crippen MR) is 101 cm³/mol. The van der Waals surface area contributed by atoms with Crippen LogP contribution in [0.2, 0.25) is 0 Å². The van der Waals surface area contributed by atoms with Gasteiger partial charge in [-0.25, -0.2) is 0 Å². The third kappa shape index (κ3) is 3.99. The number of rotatable bonds is 3. The van der Waals surface area contributed by atoms with E-state index in [0.29, 0.717) is 5.57 Å². The van der Waals surface area contributed by atoms with Crippen LogP contribution in [0.5, 0.6) is 0 Å². The highest BCUT2D eigenvalue weighted by Crippen LogP contribution is 2.35. The summed E-state index contributed by atoms with van der Waals surface area (Å²) in [5.74, 6) is 5.49. The number of hydrogen-bond donors (Lipinski definition) is 0. The van der Waals surface area contributed by atoms with Crippen LogP contribution in [0.1, 0.15) is 24.5 Å². The molecule has 1 atom stereocenters. The lowest BCUT2D eigenvalue weighted by atomic mass is 9.91. The van der Waals surface area contributed by atoms with Gasteiger partial charge in [0.15, 0.2) is 11.4 Å². The molecule has 128 valence electrons. The first-order valence-electron chi connectivity index (χ1n) is 8.33. The minimum absolute atomic E-state index is 0.170. The highest BCUT2D eigenvalue weighted by molar-refractivity contribution is 6.12. The summed E-state index contributed by atoms with van der Waals surface area (Å²) in [6.07, 6.45) is 5.05. The highest BCUT2D eigenvalue weighted by Gasteiger charge is 2.42. The second-order valence-electron chi connectivity index (χ2n) is 5.99. The molecule has 1 aliphatic rings. The average molecular weight is 342 g/mol. The van der Waals surface area contributed by atoms with Crippen molar-refractivity contribution >= 4 is 17.8 Å². The van der Waals surface area contributed by atoms with Crippen LogP contribution in [0, 0.1) is 11.8 Å². The van der Waals surface area contributed by atoms with Crippen molar-refractivity contribution in [3.63, 3.8) is 0 Å². The minimum Gasteiger partial charge on any atom is -0.449 e. The van der Waals surface area contributed by atoms with Crippen molar-refractivity contribution in [1.82, 2.24) is 0 Å². The lowest BCUT2D eigenvalue weighted by Crippen LogP contribution is -2.33. The monoisotopic (exact) mass is 342 g/mol. The summed E-state index contributed by atoms with van der Waals surface area (Å²) in [4.78, 5) is 24.1. The van der Waals surface area contributed by atoms with E-state index in [4.69, 9.17) is 4.74 Å². The second kappa shape index (κ2) is 7.67. The number of esters is 1. The number of ketones is 1. The van der Waals surface area contributed by atoms with Crippen LogP contribution in [0.4, 0.5) is 0 Å². The summed E-state index contributed by atoms with van der Waals surface area (Å²) in [5, 5.41) is 0. The molecule has 0 saturated heterocycles. The Morgan fingerprint density at radius 2 is 1.73 bits per heavy atom. The number of benzene rings is 2. The van der Waals surface area contributed by atoms with E-state index in [0.717, 1.165) is 11.1 Å². The smallest absolute Gasteiger partial charge is 0.303 e. The van der Waals surface area contributed by atoms with Crippen LogP contribution in [0.15, 0.2) is 78.4 Å². The molecule has 3 nitrogen and oxygen atoms in total. The van der Waals surface area contributed by atoms with Gasteiger partial charge in [0.05, 0.1) is 6.42 Å². The number of allylic oxidation sites excluding steroid dienone is 1. The molecule has 3 heteroatoms. The van der Waals surface area contributed by atoms with E-state index >= 15 is 0 Å². The first-order valence-corrected chi connectivity index (χ1v) is 8.33. The third-order valence-electron chi connectivity index (χ3n) is 4.02. The Labute approximate surface area is 153 Å². The molecule has 2 aromatic carbocycles. The van der Waals surface area contributed by atoms with E-state index in [1.54, 1.807) is 12.2 Å². The van der Waals surface area contributed by atoms with E-state index in [9.17, 15) is 9.59 Å². The molecule has 26 heavy (non-hydrogen) atoms. The zero-order chi connectivity index (χ0) is 18.4. The van der Waals surface area contributed by atoms with Crippen molar-refractivity contribution < 1.29 is 14.3 Å². The largest absolute Gasteiger partial charge is 0.449 e. The molecule has 0 heterocycles. The summed E-state index contributed by atoms with van der Waals surface area (Å²) in [7, 11) is 0. The highest BCUT2D eigenvalue weighted by atomic mass is 16.6. The Balaban J connectivity index is 1.96. The Kier molecular flexibility index (Phi) is 5.15. The third-order valence-corrected chi connectivity index (χ3v) is 4.02. The van der Waals surface area contributed by atoms with E-state index in [-0.39, 0.29) is 12.2 Å². The molecule has 0 spiro atoms. The van der Waals surface area contributed by atoms with Crippen molar-refractivity contribution in [2.75, 3.05) is 0 Å². The van der Waals surface area contributed by atoms with Crippen molar-refractivity contribution in [3.8, 4) is 11.8 Å². The Morgan fingerprint density at radius 3 is 2.38 bits per heavy atom. The minimum atomic E-state index is -1.15. The molecule has 0 radical (unpaired) electrons. The van der Waals surface area contributed by atoms with E-state index in [2.05, 4.69) is 11.8 Å². The van der Waals surface area contributed by atoms with Gasteiger partial charge in [0.25, 0.3) is 0 Å². The zero-order valence-corrected chi connectivity index (χ0v) is 14.4. The first-order chi connectivity index (χ1) is 12.6. The van der Waals surface area contributed by atoms with E-state index in [1.807, 2.05) is 60.7 Å². The fourth-order valence-electron chi connectivity index (χ4n) is 2.84. The van der Waals surface area contributed by atoms with Crippen LogP contribution < -0.4 is 0 Å². The van der Waals surface area contributed by atoms with Gasteiger partial charge < -0.3 is 4.74 Å². The van der Waals surface area contributed by atoms with Gasteiger partial charge in [-0.3, -0.25) is 9.59 Å². The molecule has 1 unspecified atom stereocenters. The Bertz CT molecular complexity index is 928. The zero-order valence-electron chi connectivity index (χ0n) is 14.4. The fraction of sp³-hybridized carbons (Fsp3) is 0.130. The summed E-state index contributed by atoms with van der Waals surface area (Å²) < 4.78 is 5.57. The molecule has 0 N–H and O–H groups in total. The maximum Gasteiger partial charge on any atom is 0.303 e. The standard InChI is InChI=1S/C23H18O3/c1-18(24)26-23(15-8-13-19-9-4-2-5-10-19)16-14-22(25)21(23)17-20-11-6-3-7-12-20/h2-7,9-12,14,16-17H,15H2,1H3/b21-17-. The molecular weight excluding hydrogens is 324 g/mol. The molecule has 0 fully saturated rings. The van der Waals surface area contributed by atoms with Crippen LogP contribution in [-0.4, -0.2) is 17.4 Å². The van der Waals surface area contributed by atoms with Gasteiger partial charge in [-0.2, -0.15) is 0 Å². The summed E-state index contributed by atoms with van der Waals surface area (Å²) >= 11 is 0.